The van der Waals surface area contributed by atoms with Crippen molar-refractivity contribution in [3.8, 4) is 5.75 Å². The second kappa shape index (κ2) is 7.10. The number of para-hydroxylation sites is 1. The summed E-state index contributed by atoms with van der Waals surface area (Å²) in [6.45, 7) is 2.24. The molecule has 20 heavy (non-hydrogen) atoms. The van der Waals surface area contributed by atoms with E-state index < -0.39 is 6.10 Å². The summed E-state index contributed by atoms with van der Waals surface area (Å²) in [5.74, 6) is 0.527. The fourth-order valence-corrected chi connectivity index (χ4v) is 2.09. The van der Waals surface area contributed by atoms with Gasteiger partial charge >= 0.3 is 0 Å². The van der Waals surface area contributed by atoms with Gasteiger partial charge in [-0.05, 0) is 40.5 Å². The highest BCUT2D eigenvalue weighted by Crippen LogP contribution is 2.24. The molecular weight excluding hydrogens is 318 g/mol. The number of hydrogen-bond acceptors (Lipinski definition) is 2. The van der Waals surface area contributed by atoms with Gasteiger partial charge in [0, 0.05) is 6.54 Å². The van der Waals surface area contributed by atoms with Crippen LogP contribution in [0, 0.1) is 0 Å². The number of carbonyl (C=O) groups excluding carboxylic acids is 1. The predicted molar refractivity (Wildman–Crippen MR) is 82.5 cm³/mol. The Labute approximate surface area is 127 Å². The molecule has 4 heteroatoms. The lowest BCUT2D eigenvalue weighted by Gasteiger charge is -2.15. The maximum atomic E-state index is 12.0. The molecule has 0 heterocycles. The molecule has 0 saturated carbocycles. The fourth-order valence-electron chi connectivity index (χ4n) is 1.71. The highest BCUT2D eigenvalue weighted by atomic mass is 79.9. The van der Waals surface area contributed by atoms with Crippen molar-refractivity contribution in [3.63, 3.8) is 0 Å². The Morgan fingerprint density at radius 3 is 2.50 bits per heavy atom. The van der Waals surface area contributed by atoms with Crippen LogP contribution in [0.3, 0.4) is 0 Å². The van der Waals surface area contributed by atoms with Gasteiger partial charge in [0.2, 0.25) is 0 Å². The summed E-state index contributed by atoms with van der Waals surface area (Å²) in [5.41, 5.74) is 1.06. The third kappa shape index (κ3) is 4.10. The summed E-state index contributed by atoms with van der Waals surface area (Å²) >= 11 is 3.39. The topological polar surface area (TPSA) is 38.3 Å². The smallest absolute Gasteiger partial charge is 0.261 e. The highest BCUT2D eigenvalue weighted by Gasteiger charge is 2.15. The summed E-state index contributed by atoms with van der Waals surface area (Å²) in [4.78, 5) is 12.0. The van der Waals surface area contributed by atoms with Crippen molar-refractivity contribution in [3.05, 3.63) is 64.6 Å². The average molecular weight is 334 g/mol. The van der Waals surface area contributed by atoms with E-state index in [-0.39, 0.29) is 5.91 Å². The number of rotatable bonds is 5. The molecule has 0 aliphatic heterocycles. The van der Waals surface area contributed by atoms with E-state index in [0.29, 0.717) is 12.3 Å². The van der Waals surface area contributed by atoms with Crippen LogP contribution in [0.15, 0.2) is 59.1 Å². The van der Waals surface area contributed by atoms with E-state index in [1.165, 1.54) is 0 Å². The van der Waals surface area contributed by atoms with Crippen LogP contribution in [0.1, 0.15) is 12.5 Å². The fraction of sp³-hybridized carbons (Fsp3) is 0.188. The summed E-state index contributed by atoms with van der Waals surface area (Å²) in [7, 11) is 0. The Kier molecular flexibility index (Phi) is 5.18. The SMILES string of the molecule is C[C@@H](Oc1ccccc1Br)C(=O)NCc1ccccc1. The first-order valence-corrected chi connectivity index (χ1v) is 7.19. The zero-order chi connectivity index (χ0) is 14.4. The largest absolute Gasteiger partial charge is 0.480 e. The number of benzene rings is 2. The molecule has 0 radical (unpaired) electrons. The van der Waals surface area contributed by atoms with Crippen LogP contribution in [0.4, 0.5) is 0 Å². The first-order valence-electron chi connectivity index (χ1n) is 6.39. The lowest BCUT2D eigenvalue weighted by atomic mass is 10.2. The van der Waals surface area contributed by atoms with E-state index in [0.717, 1.165) is 10.0 Å². The van der Waals surface area contributed by atoms with Gasteiger partial charge in [-0.1, -0.05) is 42.5 Å². The van der Waals surface area contributed by atoms with Crippen LogP contribution in [-0.4, -0.2) is 12.0 Å². The van der Waals surface area contributed by atoms with E-state index in [2.05, 4.69) is 21.2 Å². The zero-order valence-electron chi connectivity index (χ0n) is 11.2. The van der Waals surface area contributed by atoms with Gasteiger partial charge in [-0.15, -0.1) is 0 Å². The molecule has 2 rings (SSSR count). The monoisotopic (exact) mass is 333 g/mol. The van der Waals surface area contributed by atoms with E-state index in [1.807, 2.05) is 54.6 Å². The first-order chi connectivity index (χ1) is 9.66. The van der Waals surface area contributed by atoms with Crippen LogP contribution < -0.4 is 10.1 Å². The zero-order valence-corrected chi connectivity index (χ0v) is 12.8. The average Bonchev–Trinajstić information content (AvgIpc) is 2.48. The van der Waals surface area contributed by atoms with Gasteiger partial charge in [0.05, 0.1) is 4.47 Å². The Bertz CT molecular complexity index is 572. The molecule has 2 aromatic rings. The summed E-state index contributed by atoms with van der Waals surface area (Å²) in [5, 5.41) is 2.86. The number of ether oxygens (including phenoxy) is 1. The number of amides is 1. The van der Waals surface area contributed by atoms with Crippen LogP contribution >= 0.6 is 15.9 Å². The number of halogens is 1. The Balaban J connectivity index is 1.88. The molecule has 0 fully saturated rings. The first kappa shape index (κ1) is 14.6. The van der Waals surface area contributed by atoms with Gasteiger partial charge in [-0.3, -0.25) is 4.79 Å². The molecule has 104 valence electrons. The predicted octanol–water partition coefficient (Wildman–Crippen LogP) is 3.53. The standard InChI is InChI=1S/C16H16BrNO2/c1-12(20-15-10-6-5-9-14(15)17)16(19)18-11-13-7-3-2-4-8-13/h2-10,12H,11H2,1H3,(H,18,19)/t12-/m1/s1. The maximum Gasteiger partial charge on any atom is 0.261 e. The molecule has 1 amide bonds. The minimum atomic E-state index is -0.544. The summed E-state index contributed by atoms with van der Waals surface area (Å²) in [6.07, 6.45) is -0.544. The lowest BCUT2D eigenvalue weighted by molar-refractivity contribution is -0.127. The number of carbonyl (C=O) groups is 1. The highest BCUT2D eigenvalue weighted by molar-refractivity contribution is 9.10. The lowest BCUT2D eigenvalue weighted by Crippen LogP contribution is -2.35. The van der Waals surface area contributed by atoms with Crippen molar-refractivity contribution < 1.29 is 9.53 Å². The van der Waals surface area contributed by atoms with E-state index in [1.54, 1.807) is 6.92 Å². The molecule has 0 bridgehead atoms. The molecule has 0 aromatic heterocycles. The van der Waals surface area contributed by atoms with Gasteiger partial charge in [0.1, 0.15) is 5.75 Å². The maximum absolute atomic E-state index is 12.0. The molecule has 0 unspecified atom stereocenters. The van der Waals surface area contributed by atoms with Crippen LogP contribution in [0.25, 0.3) is 0 Å². The third-order valence-electron chi connectivity index (χ3n) is 2.82. The minimum Gasteiger partial charge on any atom is -0.480 e. The minimum absolute atomic E-state index is 0.135. The molecular formula is C16H16BrNO2. The molecule has 3 nitrogen and oxygen atoms in total. The normalized spacial score (nSPS) is 11.7. The van der Waals surface area contributed by atoms with Crippen LogP contribution in [0.5, 0.6) is 5.75 Å². The molecule has 1 atom stereocenters. The van der Waals surface area contributed by atoms with Gasteiger partial charge < -0.3 is 10.1 Å². The van der Waals surface area contributed by atoms with Crippen molar-refractivity contribution in [2.24, 2.45) is 0 Å². The Hall–Kier alpha value is -1.81. The second-order valence-corrected chi connectivity index (χ2v) is 5.25. The summed E-state index contributed by atoms with van der Waals surface area (Å²) in [6, 6.07) is 17.3. The molecule has 0 aliphatic carbocycles. The van der Waals surface area contributed by atoms with Gasteiger partial charge in [0.25, 0.3) is 5.91 Å². The van der Waals surface area contributed by atoms with Gasteiger partial charge in [0.15, 0.2) is 6.10 Å². The molecule has 0 aliphatic rings. The van der Waals surface area contributed by atoms with Gasteiger partial charge in [-0.25, -0.2) is 0 Å². The van der Waals surface area contributed by atoms with Gasteiger partial charge in [-0.2, -0.15) is 0 Å². The van der Waals surface area contributed by atoms with Crippen LogP contribution in [0.2, 0.25) is 0 Å². The molecule has 0 saturated heterocycles. The molecule has 0 spiro atoms. The Morgan fingerprint density at radius 2 is 1.80 bits per heavy atom. The van der Waals surface area contributed by atoms with Crippen molar-refractivity contribution >= 4 is 21.8 Å². The van der Waals surface area contributed by atoms with Crippen molar-refractivity contribution in [1.82, 2.24) is 5.32 Å². The van der Waals surface area contributed by atoms with E-state index >= 15 is 0 Å². The van der Waals surface area contributed by atoms with Crippen molar-refractivity contribution in [2.45, 2.75) is 19.6 Å². The number of hydrogen-bond donors (Lipinski definition) is 1. The van der Waals surface area contributed by atoms with Crippen molar-refractivity contribution in [1.29, 1.82) is 0 Å². The second-order valence-electron chi connectivity index (χ2n) is 4.39. The van der Waals surface area contributed by atoms with Crippen LogP contribution in [-0.2, 0) is 11.3 Å². The van der Waals surface area contributed by atoms with E-state index in [4.69, 9.17) is 4.74 Å². The van der Waals surface area contributed by atoms with E-state index in [9.17, 15) is 4.79 Å². The molecule has 1 N–H and O–H groups in total. The Morgan fingerprint density at radius 1 is 1.15 bits per heavy atom. The van der Waals surface area contributed by atoms with Crippen molar-refractivity contribution in [2.75, 3.05) is 0 Å². The third-order valence-corrected chi connectivity index (χ3v) is 3.47. The quantitative estimate of drug-likeness (QED) is 0.908. The molecule has 2 aromatic carbocycles. The number of nitrogens with one attached hydrogen (secondary N) is 1. The summed E-state index contributed by atoms with van der Waals surface area (Å²) < 4.78 is 6.47.